The number of hydrogen-bond acceptors (Lipinski definition) is 9. The number of benzene rings is 2. The van der Waals surface area contributed by atoms with Gasteiger partial charge in [0.15, 0.2) is 11.9 Å². The predicted octanol–water partition coefficient (Wildman–Crippen LogP) is 3.30. The second-order valence-corrected chi connectivity index (χ2v) is 9.16. The minimum Gasteiger partial charge on any atom is -0.449 e. The molecule has 4 rings (SSSR count). The summed E-state index contributed by atoms with van der Waals surface area (Å²) in [6, 6.07) is 11.9. The number of carbonyl (C=O) groups is 2. The Labute approximate surface area is 200 Å². The molecule has 11 nitrogen and oxygen atoms in total. The molecule has 1 atom stereocenters. The van der Waals surface area contributed by atoms with Crippen molar-refractivity contribution in [2.24, 2.45) is 0 Å². The molecule has 35 heavy (non-hydrogen) atoms. The van der Waals surface area contributed by atoms with E-state index in [1.54, 1.807) is 32.0 Å². The number of carbonyl (C=O) groups excluding carboxylic acids is 2. The van der Waals surface area contributed by atoms with Crippen LogP contribution in [0.2, 0.25) is 0 Å². The van der Waals surface area contributed by atoms with Crippen molar-refractivity contribution in [2.75, 3.05) is 10.0 Å². The molecule has 0 saturated carbocycles. The molecule has 0 aliphatic rings. The number of amides is 1. The number of fused-ring (bicyclic) bond motifs is 1. The van der Waals surface area contributed by atoms with Crippen LogP contribution >= 0.6 is 0 Å². The van der Waals surface area contributed by atoms with Crippen LogP contribution in [0, 0.1) is 6.92 Å². The summed E-state index contributed by atoms with van der Waals surface area (Å²) in [5.41, 5.74) is 1.44. The minimum absolute atomic E-state index is 0.0355. The highest BCUT2D eigenvalue weighted by Crippen LogP contribution is 2.20. The molecule has 0 aliphatic heterocycles. The van der Waals surface area contributed by atoms with Gasteiger partial charge >= 0.3 is 5.97 Å². The number of para-hydroxylation sites is 1. The van der Waals surface area contributed by atoms with Gasteiger partial charge < -0.3 is 14.6 Å². The van der Waals surface area contributed by atoms with Crippen LogP contribution in [0.15, 0.2) is 70.3 Å². The van der Waals surface area contributed by atoms with Gasteiger partial charge in [-0.05, 0) is 49.7 Å². The molecule has 0 spiro atoms. The van der Waals surface area contributed by atoms with E-state index < -0.39 is 28.0 Å². The Kier molecular flexibility index (Phi) is 6.73. The highest BCUT2D eigenvalue weighted by molar-refractivity contribution is 7.92. The van der Waals surface area contributed by atoms with Crippen molar-refractivity contribution in [3.05, 3.63) is 72.2 Å². The van der Waals surface area contributed by atoms with Gasteiger partial charge in [0.05, 0.1) is 16.0 Å². The second-order valence-electron chi connectivity index (χ2n) is 7.47. The van der Waals surface area contributed by atoms with E-state index in [1.807, 2.05) is 0 Å². The summed E-state index contributed by atoms with van der Waals surface area (Å²) in [7, 11) is -3.90. The molecule has 0 fully saturated rings. The number of nitrogens with one attached hydrogen (secondary N) is 2. The first-order chi connectivity index (χ1) is 16.8. The average molecular weight is 496 g/mol. The van der Waals surface area contributed by atoms with Crippen molar-refractivity contribution in [3.63, 3.8) is 0 Å². The van der Waals surface area contributed by atoms with Crippen molar-refractivity contribution in [1.82, 2.24) is 15.1 Å². The molecule has 2 aromatic carbocycles. The summed E-state index contributed by atoms with van der Waals surface area (Å²) in [4.78, 5) is 33.8. The van der Waals surface area contributed by atoms with E-state index in [4.69, 9.17) is 9.26 Å². The summed E-state index contributed by atoms with van der Waals surface area (Å²) in [5.74, 6) is -0.738. The van der Waals surface area contributed by atoms with Crippen LogP contribution in [0.1, 0.15) is 29.5 Å². The lowest BCUT2D eigenvalue weighted by atomic mass is 10.1. The zero-order valence-electron chi connectivity index (χ0n) is 18.8. The standard InChI is InChI=1S/C23H21N5O6S/c1-3-19(33-23(30)17-5-4-6-18-21(17)25-12-11-24-18)22(29)26-15-7-9-16(10-8-15)35(31,32)28-20-13-14(2)34-27-20/h4-13,19H,3H2,1-2H3,(H,26,29)(H,27,28). The Morgan fingerprint density at radius 2 is 1.83 bits per heavy atom. The van der Waals surface area contributed by atoms with Gasteiger partial charge in [-0.25, -0.2) is 13.2 Å². The third-order valence-corrected chi connectivity index (χ3v) is 6.30. The van der Waals surface area contributed by atoms with Gasteiger partial charge in [0.25, 0.3) is 15.9 Å². The summed E-state index contributed by atoms with van der Waals surface area (Å²) < 4.78 is 37.6. The number of sulfonamides is 1. The Bertz CT molecular complexity index is 1480. The number of aryl methyl sites for hydroxylation is 1. The fourth-order valence-corrected chi connectivity index (χ4v) is 4.21. The highest BCUT2D eigenvalue weighted by atomic mass is 32.2. The maximum Gasteiger partial charge on any atom is 0.341 e. The number of nitrogens with zero attached hydrogens (tertiary/aromatic N) is 3. The molecule has 4 aromatic rings. The molecule has 2 N–H and O–H groups in total. The summed E-state index contributed by atoms with van der Waals surface area (Å²) in [6.07, 6.45) is 2.13. The van der Waals surface area contributed by atoms with Crippen LogP contribution in [0.3, 0.4) is 0 Å². The maximum atomic E-state index is 12.7. The van der Waals surface area contributed by atoms with Crippen LogP contribution in [0.5, 0.6) is 0 Å². The molecule has 1 unspecified atom stereocenters. The molecule has 2 aromatic heterocycles. The molecular weight excluding hydrogens is 474 g/mol. The number of aromatic nitrogens is 3. The quantitative estimate of drug-likeness (QED) is 0.350. The Morgan fingerprint density at radius 3 is 2.51 bits per heavy atom. The second kappa shape index (κ2) is 9.89. The van der Waals surface area contributed by atoms with Crippen molar-refractivity contribution < 1.29 is 27.3 Å². The maximum absolute atomic E-state index is 12.7. The monoisotopic (exact) mass is 495 g/mol. The first-order valence-corrected chi connectivity index (χ1v) is 12.0. The van der Waals surface area contributed by atoms with Gasteiger partial charge in [0.1, 0.15) is 11.3 Å². The highest BCUT2D eigenvalue weighted by Gasteiger charge is 2.24. The van der Waals surface area contributed by atoms with Gasteiger partial charge in [-0.2, -0.15) is 0 Å². The van der Waals surface area contributed by atoms with Crippen LogP contribution in [-0.4, -0.2) is 41.5 Å². The first-order valence-electron chi connectivity index (χ1n) is 10.5. The molecule has 12 heteroatoms. The average Bonchev–Trinajstić information content (AvgIpc) is 3.25. The SMILES string of the molecule is CCC(OC(=O)c1cccc2nccnc12)C(=O)Nc1ccc(S(=O)(=O)Nc2cc(C)on2)cc1. The zero-order valence-corrected chi connectivity index (χ0v) is 19.6. The number of hydrogen-bond donors (Lipinski definition) is 2. The number of esters is 1. The fourth-order valence-electron chi connectivity index (χ4n) is 3.22. The van der Waals surface area contributed by atoms with E-state index in [1.165, 1.54) is 42.7 Å². The normalized spacial score (nSPS) is 12.2. The molecule has 0 aliphatic carbocycles. The fraction of sp³-hybridized carbons (Fsp3) is 0.174. The van der Waals surface area contributed by atoms with Crippen LogP contribution in [0.25, 0.3) is 11.0 Å². The number of rotatable bonds is 8. The van der Waals surface area contributed by atoms with E-state index in [-0.39, 0.29) is 22.7 Å². The van der Waals surface area contributed by atoms with Gasteiger partial charge in [-0.1, -0.05) is 18.1 Å². The number of ether oxygens (including phenoxy) is 1. The molecule has 0 radical (unpaired) electrons. The summed E-state index contributed by atoms with van der Waals surface area (Å²) in [5, 5.41) is 6.24. The van der Waals surface area contributed by atoms with E-state index >= 15 is 0 Å². The molecule has 2 heterocycles. The minimum atomic E-state index is -3.90. The van der Waals surface area contributed by atoms with Crippen molar-refractivity contribution in [1.29, 1.82) is 0 Å². The van der Waals surface area contributed by atoms with Gasteiger partial charge in [0, 0.05) is 24.1 Å². The molecular formula is C23H21N5O6S. The van der Waals surface area contributed by atoms with Crippen LogP contribution < -0.4 is 10.0 Å². The zero-order chi connectivity index (χ0) is 25.0. The molecule has 0 saturated heterocycles. The Balaban J connectivity index is 1.43. The molecule has 180 valence electrons. The van der Waals surface area contributed by atoms with Crippen molar-refractivity contribution >= 4 is 44.4 Å². The topological polar surface area (TPSA) is 153 Å². The van der Waals surface area contributed by atoms with Crippen LogP contribution in [0.4, 0.5) is 11.5 Å². The van der Waals surface area contributed by atoms with Gasteiger partial charge in [-0.15, -0.1) is 0 Å². The van der Waals surface area contributed by atoms with E-state index in [0.29, 0.717) is 22.5 Å². The number of anilines is 2. The largest absolute Gasteiger partial charge is 0.449 e. The lowest BCUT2D eigenvalue weighted by Gasteiger charge is -2.16. The van der Waals surface area contributed by atoms with Gasteiger partial charge in [0.2, 0.25) is 0 Å². The first kappa shape index (κ1) is 23.8. The van der Waals surface area contributed by atoms with E-state index in [0.717, 1.165) is 0 Å². The van der Waals surface area contributed by atoms with Crippen molar-refractivity contribution in [3.8, 4) is 0 Å². The molecule has 0 bridgehead atoms. The summed E-state index contributed by atoms with van der Waals surface area (Å²) >= 11 is 0. The van der Waals surface area contributed by atoms with Crippen LogP contribution in [-0.2, 0) is 19.6 Å². The summed E-state index contributed by atoms with van der Waals surface area (Å²) in [6.45, 7) is 3.34. The Hall–Kier alpha value is -4.32. The molecule has 1 amide bonds. The van der Waals surface area contributed by atoms with Crippen molar-refractivity contribution in [2.45, 2.75) is 31.3 Å². The smallest absolute Gasteiger partial charge is 0.341 e. The lowest BCUT2D eigenvalue weighted by molar-refractivity contribution is -0.124. The predicted molar refractivity (Wildman–Crippen MR) is 126 cm³/mol. The third kappa shape index (κ3) is 5.44. The van der Waals surface area contributed by atoms with E-state index in [2.05, 4.69) is 25.2 Å². The third-order valence-electron chi connectivity index (χ3n) is 4.93. The van der Waals surface area contributed by atoms with Gasteiger partial charge in [-0.3, -0.25) is 19.5 Å². The Morgan fingerprint density at radius 1 is 1.09 bits per heavy atom. The lowest BCUT2D eigenvalue weighted by Crippen LogP contribution is -2.32. The van der Waals surface area contributed by atoms with E-state index in [9.17, 15) is 18.0 Å².